The molecule has 0 aromatic heterocycles. The molecule has 0 spiro atoms. The van der Waals surface area contributed by atoms with Crippen LogP contribution < -0.4 is 67.5 Å². The molecule has 0 bridgehead atoms. The molecule has 24 heavy (non-hydrogen) atoms. The first-order chi connectivity index (χ1) is 10.7. The Morgan fingerprint density at radius 3 is 2.42 bits per heavy atom. The van der Waals surface area contributed by atoms with Gasteiger partial charge in [-0.05, 0) is 26.7 Å². The standard InChI is InChI=1S/C15H23N3O4S.K/c1-14(2)9(12(20)21)18-10(19)8(11(18)23-14)17-13(22)15(16)6-4-3-5-7-15;/h8-9,11H,3-7,16H2,1-2H3,(H,17,22)(H,20,21);/q;+1/p-1/t8-,9+,11-;/m1./s1. The van der Waals surface area contributed by atoms with E-state index in [1.165, 1.54) is 16.7 Å². The fourth-order valence-corrected chi connectivity index (χ4v) is 5.44. The normalized spacial score (nSPS) is 33.0. The Morgan fingerprint density at radius 2 is 1.88 bits per heavy atom. The van der Waals surface area contributed by atoms with Crippen molar-refractivity contribution in [3.05, 3.63) is 0 Å². The maximum absolute atomic E-state index is 12.5. The average Bonchev–Trinajstić information content (AvgIpc) is 2.73. The number of nitrogens with zero attached hydrogens (tertiary/aromatic N) is 1. The summed E-state index contributed by atoms with van der Waals surface area (Å²) in [7, 11) is 0. The van der Waals surface area contributed by atoms with Crippen LogP contribution >= 0.6 is 11.8 Å². The molecule has 0 radical (unpaired) electrons. The van der Waals surface area contributed by atoms with Crippen molar-refractivity contribution in [2.45, 2.75) is 73.7 Å². The van der Waals surface area contributed by atoms with E-state index in [1.807, 2.05) is 0 Å². The van der Waals surface area contributed by atoms with E-state index in [0.29, 0.717) is 12.8 Å². The number of amides is 2. The molecule has 2 amide bonds. The van der Waals surface area contributed by atoms with E-state index in [1.54, 1.807) is 13.8 Å². The summed E-state index contributed by atoms with van der Waals surface area (Å²) in [5, 5.41) is 13.7. The number of carbonyl (C=O) groups is 3. The zero-order chi connectivity index (χ0) is 17.0. The molecule has 2 heterocycles. The Hall–Kier alpha value is 0.356. The molecular weight excluding hydrogens is 357 g/mol. The SMILES string of the molecule is CC1(C)S[C@@H]2[C@H](NC(=O)C3(N)CCCCC3)C(=O)N2[C@H]1C(=O)[O-].[K+]. The molecule has 3 aliphatic rings. The number of fused-ring (bicyclic) bond motifs is 1. The van der Waals surface area contributed by atoms with E-state index in [9.17, 15) is 19.5 Å². The third kappa shape index (κ3) is 3.33. The first kappa shape index (κ1) is 20.7. The molecule has 0 aromatic rings. The van der Waals surface area contributed by atoms with E-state index in [-0.39, 0.29) is 68.6 Å². The molecule has 0 aromatic carbocycles. The number of carbonyl (C=O) groups excluding carboxylic acids is 3. The van der Waals surface area contributed by atoms with Crippen molar-refractivity contribution >= 4 is 29.5 Å². The van der Waals surface area contributed by atoms with Gasteiger partial charge in [0, 0.05) is 4.75 Å². The third-order valence-electron chi connectivity index (χ3n) is 5.15. The molecule has 1 saturated carbocycles. The van der Waals surface area contributed by atoms with Gasteiger partial charge in [-0.2, -0.15) is 0 Å². The van der Waals surface area contributed by atoms with Crippen molar-refractivity contribution in [2.75, 3.05) is 0 Å². The van der Waals surface area contributed by atoms with Crippen molar-refractivity contribution in [1.82, 2.24) is 10.2 Å². The van der Waals surface area contributed by atoms with Gasteiger partial charge in [-0.1, -0.05) is 19.3 Å². The van der Waals surface area contributed by atoms with Gasteiger partial charge in [-0.3, -0.25) is 9.59 Å². The van der Waals surface area contributed by atoms with Crippen LogP contribution in [-0.2, 0) is 14.4 Å². The van der Waals surface area contributed by atoms with Gasteiger partial charge < -0.3 is 25.9 Å². The quantitative estimate of drug-likeness (QED) is 0.381. The summed E-state index contributed by atoms with van der Waals surface area (Å²) in [6, 6.07) is -1.67. The molecule has 128 valence electrons. The Labute approximate surface area is 188 Å². The Balaban J connectivity index is 0.00000208. The summed E-state index contributed by atoms with van der Waals surface area (Å²) in [6.45, 7) is 3.54. The zero-order valence-electron chi connectivity index (χ0n) is 14.3. The minimum atomic E-state index is -1.26. The van der Waals surface area contributed by atoms with E-state index in [4.69, 9.17) is 5.73 Å². The van der Waals surface area contributed by atoms with Gasteiger partial charge in [0.2, 0.25) is 11.8 Å². The number of carboxylic acids is 1. The fourth-order valence-electron chi connectivity index (χ4n) is 3.82. The second-order valence-corrected chi connectivity index (χ2v) is 9.02. The Kier molecular flexibility index (Phi) is 6.17. The molecule has 3 atom stereocenters. The molecule has 7 nitrogen and oxygen atoms in total. The maximum atomic E-state index is 12.5. The molecular formula is C15H22KN3O4S. The predicted molar refractivity (Wildman–Crippen MR) is 83.0 cm³/mol. The monoisotopic (exact) mass is 379 g/mol. The van der Waals surface area contributed by atoms with Crippen LogP contribution in [0.2, 0.25) is 0 Å². The summed E-state index contributed by atoms with van der Waals surface area (Å²) in [5.74, 6) is -1.92. The van der Waals surface area contributed by atoms with Crippen LogP contribution in [0.3, 0.4) is 0 Å². The van der Waals surface area contributed by atoms with Gasteiger partial charge in [0.1, 0.15) is 11.4 Å². The molecule has 3 rings (SSSR count). The maximum Gasteiger partial charge on any atom is 1.00 e. The number of β-lactam (4-membered cyclic amide) rings is 1. The molecule has 3 N–H and O–H groups in total. The largest absolute Gasteiger partial charge is 1.00 e. The molecule has 3 fully saturated rings. The predicted octanol–water partition coefficient (Wildman–Crippen LogP) is -4.05. The van der Waals surface area contributed by atoms with Gasteiger partial charge >= 0.3 is 51.4 Å². The Morgan fingerprint density at radius 1 is 1.29 bits per heavy atom. The summed E-state index contributed by atoms with van der Waals surface area (Å²) < 4.78 is -0.649. The van der Waals surface area contributed by atoms with Gasteiger partial charge in [-0.25, -0.2) is 0 Å². The van der Waals surface area contributed by atoms with Crippen LogP contribution in [0.1, 0.15) is 46.0 Å². The van der Waals surface area contributed by atoms with Crippen molar-refractivity contribution in [1.29, 1.82) is 0 Å². The van der Waals surface area contributed by atoms with Gasteiger partial charge in [0.05, 0.1) is 17.6 Å². The first-order valence-electron chi connectivity index (χ1n) is 7.98. The average molecular weight is 380 g/mol. The minimum absolute atomic E-state index is 0. The van der Waals surface area contributed by atoms with Crippen LogP contribution in [0.4, 0.5) is 0 Å². The molecule has 2 aliphatic heterocycles. The summed E-state index contributed by atoms with van der Waals surface area (Å²) >= 11 is 1.38. The number of hydrogen-bond acceptors (Lipinski definition) is 6. The summed E-state index contributed by atoms with van der Waals surface area (Å²) in [5.41, 5.74) is 5.28. The van der Waals surface area contributed by atoms with Crippen LogP contribution in [0.15, 0.2) is 0 Å². The second kappa shape index (κ2) is 7.17. The van der Waals surface area contributed by atoms with Crippen molar-refractivity contribution in [3.63, 3.8) is 0 Å². The van der Waals surface area contributed by atoms with Crippen molar-refractivity contribution in [3.8, 4) is 0 Å². The van der Waals surface area contributed by atoms with E-state index in [0.717, 1.165) is 19.3 Å². The minimum Gasteiger partial charge on any atom is -0.548 e. The van der Waals surface area contributed by atoms with E-state index >= 15 is 0 Å². The van der Waals surface area contributed by atoms with Crippen molar-refractivity contribution < 1.29 is 70.9 Å². The second-order valence-electron chi connectivity index (χ2n) is 7.25. The molecule has 0 unspecified atom stereocenters. The van der Waals surface area contributed by atoms with Crippen LogP contribution in [0.5, 0.6) is 0 Å². The number of hydrogen-bond donors (Lipinski definition) is 2. The van der Waals surface area contributed by atoms with Crippen LogP contribution in [-0.4, -0.2) is 50.4 Å². The van der Waals surface area contributed by atoms with E-state index in [2.05, 4.69) is 5.32 Å². The Bertz CT molecular complexity index is 565. The van der Waals surface area contributed by atoms with Crippen molar-refractivity contribution in [2.24, 2.45) is 5.73 Å². The number of thioether (sulfide) groups is 1. The number of nitrogens with one attached hydrogen (secondary N) is 1. The summed E-state index contributed by atoms with van der Waals surface area (Å²) in [4.78, 5) is 37.5. The number of nitrogens with two attached hydrogens (primary N) is 1. The van der Waals surface area contributed by atoms with Gasteiger partial charge in [0.15, 0.2) is 0 Å². The number of rotatable bonds is 3. The van der Waals surface area contributed by atoms with Crippen LogP contribution in [0.25, 0.3) is 0 Å². The zero-order valence-corrected chi connectivity index (χ0v) is 18.3. The number of carboxylic acid groups (broad SMARTS) is 1. The topological polar surface area (TPSA) is 116 Å². The van der Waals surface area contributed by atoms with Gasteiger partial charge in [-0.15, -0.1) is 11.8 Å². The van der Waals surface area contributed by atoms with E-state index < -0.39 is 28.3 Å². The number of aliphatic carboxylic acids is 1. The fraction of sp³-hybridized carbons (Fsp3) is 0.800. The molecule has 9 heteroatoms. The van der Waals surface area contributed by atoms with Gasteiger partial charge in [0.25, 0.3) is 0 Å². The third-order valence-corrected chi connectivity index (χ3v) is 6.72. The molecule has 2 saturated heterocycles. The summed E-state index contributed by atoms with van der Waals surface area (Å²) in [6.07, 6.45) is 4.13. The smallest absolute Gasteiger partial charge is 0.548 e. The molecule has 1 aliphatic carbocycles. The van der Waals surface area contributed by atoms with Crippen LogP contribution in [0, 0.1) is 0 Å². The first-order valence-corrected chi connectivity index (χ1v) is 8.86.